The van der Waals surface area contributed by atoms with E-state index in [1.165, 1.54) is 43.7 Å². The van der Waals surface area contributed by atoms with E-state index in [1.807, 2.05) is 91.0 Å². The molecule has 0 bridgehead atoms. The number of carbonyl (C=O) groups excluding carboxylic acids is 6. The highest BCUT2D eigenvalue weighted by molar-refractivity contribution is 7.89. The zero-order valence-electron chi connectivity index (χ0n) is 42.2. The third-order valence-electron chi connectivity index (χ3n) is 12.4. The maximum atomic E-state index is 14.8. The van der Waals surface area contributed by atoms with Crippen LogP contribution in [0.2, 0.25) is 0 Å². The molecular weight excluding hydrogens is 953 g/mol. The second-order valence-electron chi connectivity index (χ2n) is 17.8. The largest absolute Gasteiger partial charge is 0.383 e. The number of primary sulfonamides is 1. The van der Waals surface area contributed by atoms with E-state index >= 15 is 0 Å². The molecule has 20 heteroatoms. The average Bonchev–Trinajstić information content (AvgIpc) is 3.38. The average molecular weight is 1030 g/mol. The summed E-state index contributed by atoms with van der Waals surface area (Å²) >= 11 is 0. The monoisotopic (exact) mass is 1030 g/mol. The molecule has 0 heterocycles. The van der Waals surface area contributed by atoms with Gasteiger partial charge in [0.2, 0.25) is 45.5 Å². The van der Waals surface area contributed by atoms with Crippen molar-refractivity contribution in [3.8, 4) is 0 Å². The summed E-state index contributed by atoms with van der Waals surface area (Å²) in [7, 11) is -2.49. The minimum Gasteiger partial charge on any atom is -0.383 e. The first-order valence-corrected chi connectivity index (χ1v) is 26.2. The molecule has 6 amide bonds. The quantitative estimate of drug-likeness (QED) is 0.0428. The van der Waals surface area contributed by atoms with Gasteiger partial charge >= 0.3 is 0 Å². The van der Waals surface area contributed by atoms with Crippen molar-refractivity contribution in [2.75, 3.05) is 98.8 Å². The van der Waals surface area contributed by atoms with E-state index in [-0.39, 0.29) is 69.0 Å². The number of hydrogen-bond acceptors (Lipinski definition) is 12. The molecule has 0 aromatic heterocycles. The molecule has 0 saturated heterocycles. The summed E-state index contributed by atoms with van der Waals surface area (Å²) in [6, 6.07) is 34.1. The minimum atomic E-state index is -3.99. The molecule has 0 radical (unpaired) electrons. The fourth-order valence-corrected chi connectivity index (χ4v) is 8.69. The first kappa shape index (κ1) is 59.0. The number of amides is 6. The van der Waals surface area contributed by atoms with Gasteiger partial charge in [0.05, 0.1) is 50.3 Å². The molecule has 9 N–H and O–H groups in total. The number of sulfonamides is 1. The molecule has 0 spiro atoms. The molecule has 396 valence electrons. The second kappa shape index (κ2) is 31.1. The predicted octanol–water partition coefficient (Wildman–Crippen LogP) is 1.81. The Balaban J connectivity index is 1.64. The molecule has 0 fully saturated rings. The van der Waals surface area contributed by atoms with Gasteiger partial charge in [-0.25, -0.2) is 13.6 Å². The molecule has 73 heavy (non-hydrogen) atoms. The topological polar surface area (TPSA) is 278 Å². The Morgan fingerprint density at radius 3 is 1.49 bits per heavy atom. The highest BCUT2D eigenvalue weighted by Crippen LogP contribution is 2.24. The van der Waals surface area contributed by atoms with E-state index < -0.39 is 71.8 Å². The lowest BCUT2D eigenvalue weighted by molar-refractivity contribution is -0.148. The predicted molar refractivity (Wildman–Crippen MR) is 280 cm³/mol. The van der Waals surface area contributed by atoms with Gasteiger partial charge in [0, 0.05) is 45.8 Å². The molecule has 4 aromatic rings. The standard InChI is InChI=1S/C53H74N10O9S/c1-41(43-16-6-3-7-17-43)63(53(69)39-62(32-33-72-2)49(65)35-58-34-47(44-18-8-4-9-19-44)45-20-10-5-11-21-45)40-52(68)61(31-26-42-22-24-46(25-23-42)73(57,70)71)38-51(67)60(30-15-13-28-55)37-50(66)59(36-48(56)64)29-14-12-27-54/h3-11,16-25,41,47,58H,12-15,26-40,54-55H2,1-2H3,(H2,56,64)(H2,57,70,71). The Morgan fingerprint density at radius 1 is 0.562 bits per heavy atom. The summed E-state index contributed by atoms with van der Waals surface area (Å²) in [5.74, 6) is -3.39. The van der Waals surface area contributed by atoms with Crippen LogP contribution in [-0.4, -0.2) is 167 Å². The van der Waals surface area contributed by atoms with Crippen molar-refractivity contribution in [2.24, 2.45) is 22.3 Å². The summed E-state index contributed by atoms with van der Waals surface area (Å²) in [4.78, 5) is 90.4. The van der Waals surface area contributed by atoms with Crippen molar-refractivity contribution in [3.63, 3.8) is 0 Å². The molecule has 0 saturated carbocycles. The summed E-state index contributed by atoms with van der Waals surface area (Å²) in [5, 5.41) is 8.65. The fraction of sp³-hybridized carbons (Fsp3) is 0.434. The third-order valence-corrected chi connectivity index (χ3v) is 13.3. The van der Waals surface area contributed by atoms with Crippen molar-refractivity contribution >= 4 is 45.5 Å². The Kier molecular flexibility index (Phi) is 25.2. The van der Waals surface area contributed by atoms with E-state index in [0.29, 0.717) is 56.4 Å². The van der Waals surface area contributed by atoms with Gasteiger partial charge in [-0.3, -0.25) is 28.8 Å². The van der Waals surface area contributed by atoms with Crippen LogP contribution in [-0.2, 0) is 49.9 Å². The number of benzene rings is 4. The van der Waals surface area contributed by atoms with Gasteiger partial charge < -0.3 is 51.8 Å². The van der Waals surface area contributed by atoms with Gasteiger partial charge in [-0.2, -0.15) is 0 Å². The van der Waals surface area contributed by atoms with Crippen molar-refractivity contribution in [1.82, 2.24) is 29.8 Å². The van der Waals surface area contributed by atoms with Gasteiger partial charge in [0.1, 0.15) is 6.54 Å². The number of nitrogens with zero attached hydrogens (tertiary/aromatic N) is 5. The van der Waals surface area contributed by atoms with Crippen LogP contribution in [0.4, 0.5) is 0 Å². The van der Waals surface area contributed by atoms with Crippen LogP contribution < -0.4 is 27.7 Å². The molecule has 4 rings (SSSR count). The zero-order valence-corrected chi connectivity index (χ0v) is 43.0. The molecule has 0 aliphatic rings. The van der Waals surface area contributed by atoms with Gasteiger partial charge in [-0.1, -0.05) is 103 Å². The van der Waals surface area contributed by atoms with Crippen LogP contribution >= 0.6 is 0 Å². The first-order chi connectivity index (χ1) is 35.1. The highest BCUT2D eigenvalue weighted by Gasteiger charge is 2.31. The summed E-state index contributed by atoms with van der Waals surface area (Å²) in [6.07, 6.45) is 2.23. The van der Waals surface area contributed by atoms with E-state index in [0.717, 1.165) is 11.1 Å². The lowest BCUT2D eigenvalue weighted by atomic mass is 9.91. The van der Waals surface area contributed by atoms with Crippen molar-refractivity contribution in [3.05, 3.63) is 138 Å². The number of primary amides is 1. The number of rotatable bonds is 33. The summed E-state index contributed by atoms with van der Waals surface area (Å²) < 4.78 is 29.4. The van der Waals surface area contributed by atoms with Crippen molar-refractivity contribution in [2.45, 2.75) is 55.9 Å². The fourth-order valence-electron chi connectivity index (χ4n) is 8.17. The normalized spacial score (nSPS) is 11.7. The zero-order chi connectivity index (χ0) is 53.2. The molecule has 0 aliphatic carbocycles. The van der Waals surface area contributed by atoms with E-state index in [9.17, 15) is 37.2 Å². The van der Waals surface area contributed by atoms with Gasteiger partial charge in [-0.05, 0) is 86.5 Å². The van der Waals surface area contributed by atoms with Crippen LogP contribution in [0.5, 0.6) is 0 Å². The summed E-state index contributed by atoms with van der Waals surface area (Å²) in [5.41, 5.74) is 20.4. The molecule has 19 nitrogen and oxygen atoms in total. The van der Waals surface area contributed by atoms with Crippen LogP contribution in [0.3, 0.4) is 0 Å². The maximum absolute atomic E-state index is 14.8. The van der Waals surface area contributed by atoms with Gasteiger partial charge in [0.15, 0.2) is 0 Å². The Hall–Kier alpha value is -6.55. The number of unbranched alkanes of at least 4 members (excludes halogenated alkanes) is 2. The minimum absolute atomic E-state index is 0.0599. The summed E-state index contributed by atoms with van der Waals surface area (Å²) in [6.45, 7) is 1.10. The number of ether oxygens (including phenoxy) is 1. The third kappa shape index (κ3) is 20.1. The Bertz CT molecular complexity index is 2410. The van der Waals surface area contributed by atoms with Crippen LogP contribution in [0, 0.1) is 0 Å². The van der Waals surface area contributed by atoms with Gasteiger partial charge in [-0.15, -0.1) is 0 Å². The maximum Gasteiger partial charge on any atom is 0.243 e. The van der Waals surface area contributed by atoms with Crippen molar-refractivity contribution in [1.29, 1.82) is 0 Å². The Labute approximate surface area is 430 Å². The number of methoxy groups -OCH3 is 1. The van der Waals surface area contributed by atoms with Gasteiger partial charge in [0.25, 0.3) is 0 Å². The van der Waals surface area contributed by atoms with Crippen molar-refractivity contribution < 1.29 is 41.9 Å². The van der Waals surface area contributed by atoms with Crippen LogP contribution in [0.25, 0.3) is 0 Å². The van der Waals surface area contributed by atoms with Crippen LogP contribution in [0.1, 0.15) is 66.8 Å². The van der Waals surface area contributed by atoms with E-state index in [1.54, 1.807) is 19.1 Å². The molecule has 0 aliphatic heterocycles. The number of nitrogens with one attached hydrogen (secondary N) is 1. The number of carbonyl (C=O) groups is 6. The molecular formula is C53H74N10O9S. The molecule has 1 unspecified atom stereocenters. The van der Waals surface area contributed by atoms with Crippen LogP contribution in [0.15, 0.2) is 120 Å². The second-order valence-corrected chi connectivity index (χ2v) is 19.3. The smallest absolute Gasteiger partial charge is 0.243 e. The SMILES string of the molecule is COCCN(CC(=O)N(CC(=O)N(CCc1ccc(S(N)(=O)=O)cc1)CC(=O)N(CCCCN)CC(=O)N(CCCCN)CC(N)=O)C(C)c1ccccc1)C(=O)CNCC(c1ccccc1)c1ccccc1. The van der Waals surface area contributed by atoms with E-state index in [2.05, 4.69) is 5.32 Å². The molecule has 4 aromatic carbocycles. The van der Waals surface area contributed by atoms with E-state index in [4.69, 9.17) is 27.1 Å². The molecule has 1 atom stereocenters. The first-order valence-electron chi connectivity index (χ1n) is 24.6. The number of hydrogen-bond donors (Lipinski definition) is 5. The highest BCUT2D eigenvalue weighted by atomic mass is 32.2. The Morgan fingerprint density at radius 2 is 1.01 bits per heavy atom. The lowest BCUT2D eigenvalue weighted by Crippen LogP contribution is -2.52. The lowest BCUT2D eigenvalue weighted by Gasteiger charge is -2.34. The number of nitrogens with two attached hydrogens (primary N) is 4.